The van der Waals surface area contributed by atoms with Crippen molar-refractivity contribution < 1.29 is 43.2 Å². The number of carbonyl (C=O) groups excluding carboxylic acids is 3. The zero-order valence-electron chi connectivity index (χ0n) is 29.5. The normalized spacial score (nSPS) is 17.2. The van der Waals surface area contributed by atoms with Crippen molar-refractivity contribution in [2.75, 3.05) is 33.1 Å². The van der Waals surface area contributed by atoms with E-state index in [4.69, 9.17) is 18.9 Å². The number of amides is 3. The highest BCUT2D eigenvalue weighted by Gasteiger charge is 2.45. The molecule has 1 aliphatic carbocycles. The van der Waals surface area contributed by atoms with Gasteiger partial charge in [-0.25, -0.2) is 14.4 Å². The number of ether oxygens (including phenoxy) is 4. The van der Waals surface area contributed by atoms with Crippen molar-refractivity contribution >= 4 is 35.8 Å². The lowest BCUT2D eigenvalue weighted by Crippen LogP contribution is -2.53. The van der Waals surface area contributed by atoms with E-state index < -0.39 is 47.1 Å². The average Bonchev–Trinajstić information content (AvgIpc) is 3.69. The van der Waals surface area contributed by atoms with Gasteiger partial charge >= 0.3 is 18.2 Å². The largest absolute Gasteiger partial charge is 0.497 e. The molecule has 51 heavy (non-hydrogen) atoms. The second-order valence-corrected chi connectivity index (χ2v) is 14.5. The Labute approximate surface area is 302 Å². The number of hydrogen-bond donors (Lipinski definition) is 3. The lowest BCUT2D eigenvalue weighted by atomic mass is 9.98. The topological polar surface area (TPSA) is 153 Å². The summed E-state index contributed by atoms with van der Waals surface area (Å²) in [6, 6.07) is 18.8. The monoisotopic (exact) mass is 719 g/mol. The summed E-state index contributed by atoms with van der Waals surface area (Å²) >= 11 is 1.30. The molecule has 272 valence electrons. The van der Waals surface area contributed by atoms with Crippen molar-refractivity contribution in [3.05, 3.63) is 83.4 Å². The Hall–Kier alpha value is -4.91. The molecule has 1 aliphatic heterocycles. The van der Waals surface area contributed by atoms with Gasteiger partial charge in [-0.1, -0.05) is 48.5 Å². The average molecular weight is 720 g/mol. The number of nitrogens with one attached hydrogen (secondary N) is 2. The number of unbranched alkanes of at least 4 members (excludes halogenated alkanes) is 1. The third-order valence-corrected chi connectivity index (χ3v) is 10.1. The molecule has 0 radical (unpaired) electrons. The number of alkyl carbamates (subject to hydrolysis) is 2. The number of benzene rings is 3. The van der Waals surface area contributed by atoms with Crippen LogP contribution in [-0.2, 0) is 19.1 Å². The predicted molar refractivity (Wildman–Crippen MR) is 193 cm³/mol. The maximum absolute atomic E-state index is 14.4. The van der Waals surface area contributed by atoms with E-state index in [9.17, 15) is 24.3 Å². The number of carboxylic acid groups (broad SMARTS) is 1. The smallest absolute Gasteiger partial charge is 0.407 e. The van der Waals surface area contributed by atoms with Crippen molar-refractivity contribution in [1.29, 1.82) is 0 Å². The summed E-state index contributed by atoms with van der Waals surface area (Å²) in [6.07, 6.45) is -0.284. The summed E-state index contributed by atoms with van der Waals surface area (Å²) in [5.41, 5.74) is 4.22. The maximum atomic E-state index is 14.4. The van der Waals surface area contributed by atoms with Crippen molar-refractivity contribution in [2.24, 2.45) is 0 Å². The number of carbonyl (C=O) groups is 4. The van der Waals surface area contributed by atoms with E-state index in [1.54, 1.807) is 39.0 Å². The van der Waals surface area contributed by atoms with Crippen LogP contribution < -0.4 is 20.1 Å². The number of nitrogens with zero attached hydrogens (tertiary/aromatic N) is 1. The number of rotatable bonds is 13. The van der Waals surface area contributed by atoms with E-state index in [1.165, 1.54) is 30.9 Å². The summed E-state index contributed by atoms with van der Waals surface area (Å²) in [7, 11) is 3.02. The molecule has 2 aliphatic rings. The van der Waals surface area contributed by atoms with Crippen LogP contribution >= 0.6 is 11.8 Å². The molecule has 0 saturated carbocycles. The number of aliphatic carboxylic acids is 1. The SMILES string of the molecule is COc1ccc([C@H]2SC[C@@H](C(=O)O)N2C(=O)[C@@H](CCCCNC(=O)OC(C)(C)C)NC(=O)OCC2c3ccccc3-c3ccccc32)c(OC)c1. The van der Waals surface area contributed by atoms with Gasteiger partial charge in [0, 0.05) is 29.8 Å². The first-order chi connectivity index (χ1) is 24.4. The highest BCUT2D eigenvalue weighted by molar-refractivity contribution is 7.99. The number of methoxy groups -OCH3 is 2. The van der Waals surface area contributed by atoms with Crippen molar-refractivity contribution in [2.45, 2.75) is 69.0 Å². The van der Waals surface area contributed by atoms with Crippen LogP contribution in [0.3, 0.4) is 0 Å². The summed E-state index contributed by atoms with van der Waals surface area (Å²) in [6.45, 7) is 5.64. The summed E-state index contributed by atoms with van der Waals surface area (Å²) < 4.78 is 22.0. The summed E-state index contributed by atoms with van der Waals surface area (Å²) in [5.74, 6) is -0.796. The first kappa shape index (κ1) is 37.3. The fourth-order valence-electron chi connectivity index (χ4n) is 6.43. The molecule has 3 atom stereocenters. The standard InChI is InChI=1S/C38H45N3O9S/c1-38(2,3)50-36(45)39-19-11-10-16-30(40-37(46)49-21-29-26-14-8-6-12-24(26)25-13-7-9-15-27(25)29)33(42)41-31(35(43)44)22-51-34(41)28-18-17-23(47-4)20-32(28)48-5/h6-9,12-15,17-18,20,29-31,34H,10-11,16,19,21-22H2,1-5H3,(H,39,45)(H,40,46)(H,43,44)/t30-,31+,34-/m1/s1. The van der Waals surface area contributed by atoms with Crippen LogP contribution in [0, 0.1) is 0 Å². The van der Waals surface area contributed by atoms with Crippen LogP contribution in [0.1, 0.15) is 68.0 Å². The molecule has 3 N–H and O–H groups in total. The van der Waals surface area contributed by atoms with Gasteiger partial charge in [0.2, 0.25) is 5.91 Å². The highest BCUT2D eigenvalue weighted by atomic mass is 32.2. The predicted octanol–water partition coefficient (Wildman–Crippen LogP) is 6.33. The molecule has 12 nitrogen and oxygen atoms in total. The maximum Gasteiger partial charge on any atom is 0.407 e. The molecule has 3 aromatic rings. The molecule has 5 rings (SSSR count). The summed E-state index contributed by atoms with van der Waals surface area (Å²) in [5, 5.41) is 14.9. The van der Waals surface area contributed by atoms with Gasteiger partial charge in [0.25, 0.3) is 0 Å². The molecule has 3 aromatic carbocycles. The third-order valence-electron chi connectivity index (χ3n) is 8.77. The minimum Gasteiger partial charge on any atom is -0.497 e. The zero-order chi connectivity index (χ0) is 36.7. The number of thioether (sulfide) groups is 1. The quantitative estimate of drug-likeness (QED) is 0.171. The second kappa shape index (κ2) is 16.4. The van der Waals surface area contributed by atoms with E-state index in [0.717, 1.165) is 22.3 Å². The van der Waals surface area contributed by atoms with Gasteiger partial charge in [-0.15, -0.1) is 11.8 Å². The molecule has 1 fully saturated rings. The Morgan fingerprint density at radius 2 is 1.57 bits per heavy atom. The Morgan fingerprint density at radius 1 is 0.902 bits per heavy atom. The third kappa shape index (κ3) is 8.88. The van der Waals surface area contributed by atoms with Crippen LogP contribution in [-0.4, -0.2) is 84.9 Å². The minimum atomic E-state index is -1.16. The summed E-state index contributed by atoms with van der Waals surface area (Å²) in [4.78, 5) is 53.8. The van der Waals surface area contributed by atoms with E-state index in [-0.39, 0.29) is 31.2 Å². The molecule has 0 aromatic heterocycles. The van der Waals surface area contributed by atoms with Crippen molar-refractivity contribution in [3.63, 3.8) is 0 Å². The van der Waals surface area contributed by atoms with Crippen molar-refractivity contribution in [3.8, 4) is 22.6 Å². The van der Waals surface area contributed by atoms with Crippen LogP contribution in [0.2, 0.25) is 0 Å². The lowest BCUT2D eigenvalue weighted by Gasteiger charge is -2.32. The molecule has 0 spiro atoms. The van der Waals surface area contributed by atoms with E-state index in [0.29, 0.717) is 29.9 Å². The van der Waals surface area contributed by atoms with Gasteiger partial charge < -0.3 is 39.6 Å². The number of fused-ring (bicyclic) bond motifs is 3. The van der Waals surface area contributed by atoms with E-state index in [2.05, 4.69) is 10.6 Å². The van der Waals surface area contributed by atoms with Gasteiger partial charge in [0.05, 0.1) is 14.2 Å². The number of carboxylic acids is 1. The molecular formula is C38H45N3O9S. The Balaban J connectivity index is 1.34. The van der Waals surface area contributed by atoms with E-state index in [1.807, 2.05) is 48.5 Å². The fourth-order valence-corrected chi connectivity index (χ4v) is 7.88. The highest BCUT2D eigenvalue weighted by Crippen LogP contribution is 2.46. The molecule has 0 bridgehead atoms. The Kier molecular flexibility index (Phi) is 12.0. The Morgan fingerprint density at radius 3 is 2.18 bits per heavy atom. The fraction of sp³-hybridized carbons (Fsp3) is 0.421. The van der Waals surface area contributed by atoms with Crippen molar-refractivity contribution in [1.82, 2.24) is 15.5 Å². The molecule has 3 amide bonds. The van der Waals surface area contributed by atoms with Crippen LogP contribution in [0.15, 0.2) is 66.7 Å². The number of hydrogen-bond acceptors (Lipinski definition) is 9. The molecule has 13 heteroatoms. The second-order valence-electron chi connectivity index (χ2n) is 13.3. The molecule has 0 unspecified atom stereocenters. The van der Waals surface area contributed by atoms with Gasteiger partial charge in [0.15, 0.2) is 0 Å². The Bertz CT molecular complexity index is 1700. The van der Waals surface area contributed by atoms with Crippen LogP contribution in [0.4, 0.5) is 9.59 Å². The van der Waals surface area contributed by atoms with Crippen LogP contribution in [0.5, 0.6) is 11.5 Å². The van der Waals surface area contributed by atoms with Gasteiger partial charge in [-0.3, -0.25) is 4.79 Å². The minimum absolute atomic E-state index is 0.0452. The van der Waals surface area contributed by atoms with E-state index >= 15 is 0 Å². The van der Waals surface area contributed by atoms with Gasteiger partial charge in [0.1, 0.15) is 41.2 Å². The van der Waals surface area contributed by atoms with Gasteiger partial charge in [-0.2, -0.15) is 0 Å². The van der Waals surface area contributed by atoms with Gasteiger partial charge in [-0.05, 0) is 74.4 Å². The lowest BCUT2D eigenvalue weighted by molar-refractivity contribution is -0.150. The molecule has 1 saturated heterocycles. The molecular weight excluding hydrogens is 674 g/mol. The first-order valence-corrected chi connectivity index (χ1v) is 17.9. The van der Waals surface area contributed by atoms with Crippen LogP contribution in [0.25, 0.3) is 11.1 Å². The zero-order valence-corrected chi connectivity index (χ0v) is 30.3. The first-order valence-electron chi connectivity index (χ1n) is 16.9. The molecule has 1 heterocycles.